The third-order valence-electron chi connectivity index (χ3n) is 7.36. The van der Waals surface area contributed by atoms with Crippen LogP contribution in [0.2, 0.25) is 0 Å². The third kappa shape index (κ3) is 7.62. The minimum absolute atomic E-state index is 0.0190. The molecule has 2 heterocycles. The van der Waals surface area contributed by atoms with E-state index in [1.807, 2.05) is 42.5 Å². The SMILES string of the molecule is CC(C)(C)OC(=O)[C@@]1(O)[C@@H](NC(=O)[C@H](CC(N)=O)NC(=O)c2cc3ccccc3[nH]2)CCN1C(=O)CCCc1ccccc1. The molecule has 234 valence electrons. The Morgan fingerprint density at radius 2 is 1.77 bits per heavy atom. The number of likely N-dealkylation sites (tertiary alicyclic amines) is 1. The topological polar surface area (TPSA) is 184 Å². The maximum absolute atomic E-state index is 13.5. The molecule has 0 spiro atoms. The van der Waals surface area contributed by atoms with Crippen LogP contribution in [0.3, 0.4) is 0 Å². The van der Waals surface area contributed by atoms with E-state index in [2.05, 4.69) is 15.6 Å². The number of aromatic amines is 1. The molecule has 3 aromatic rings. The number of ether oxygens (including phenoxy) is 1. The van der Waals surface area contributed by atoms with Gasteiger partial charge in [-0.3, -0.25) is 19.2 Å². The van der Waals surface area contributed by atoms with Crippen molar-refractivity contribution in [3.8, 4) is 0 Å². The molecule has 3 atom stereocenters. The molecule has 2 aromatic carbocycles. The van der Waals surface area contributed by atoms with E-state index in [-0.39, 0.29) is 25.1 Å². The number of rotatable bonds is 11. The van der Waals surface area contributed by atoms with Crippen molar-refractivity contribution < 1.29 is 33.8 Å². The Labute approximate surface area is 255 Å². The van der Waals surface area contributed by atoms with Gasteiger partial charge in [0.1, 0.15) is 17.3 Å². The number of nitrogens with zero attached hydrogens (tertiary/aromatic N) is 1. The van der Waals surface area contributed by atoms with Crippen LogP contribution >= 0.6 is 0 Å². The maximum Gasteiger partial charge on any atom is 0.362 e. The normalized spacial score (nSPS) is 18.9. The Morgan fingerprint density at radius 1 is 1.09 bits per heavy atom. The molecule has 0 radical (unpaired) electrons. The van der Waals surface area contributed by atoms with Gasteiger partial charge in [-0.1, -0.05) is 48.5 Å². The van der Waals surface area contributed by atoms with Crippen molar-refractivity contribution in [2.45, 2.75) is 76.3 Å². The molecule has 0 saturated carbocycles. The lowest BCUT2D eigenvalue weighted by atomic mass is 10.0. The second-order valence-corrected chi connectivity index (χ2v) is 11.9. The molecule has 12 heteroatoms. The monoisotopic (exact) mass is 605 g/mol. The highest BCUT2D eigenvalue weighted by Gasteiger charge is 2.58. The van der Waals surface area contributed by atoms with E-state index in [0.717, 1.165) is 15.8 Å². The first kappa shape index (κ1) is 32.2. The van der Waals surface area contributed by atoms with Crippen LogP contribution in [0.4, 0.5) is 0 Å². The van der Waals surface area contributed by atoms with E-state index in [1.165, 1.54) is 0 Å². The van der Waals surface area contributed by atoms with Gasteiger partial charge in [0.15, 0.2) is 0 Å². The number of carbonyl (C=O) groups excluding carboxylic acids is 5. The van der Waals surface area contributed by atoms with Crippen LogP contribution in [-0.4, -0.2) is 74.5 Å². The lowest BCUT2D eigenvalue weighted by Gasteiger charge is -2.37. The number of aryl methyl sites for hydroxylation is 1. The lowest BCUT2D eigenvalue weighted by molar-refractivity contribution is -0.200. The number of esters is 1. The van der Waals surface area contributed by atoms with Crippen molar-refractivity contribution in [3.05, 3.63) is 71.9 Å². The number of nitrogens with two attached hydrogens (primary N) is 1. The average molecular weight is 606 g/mol. The standard InChI is InChI=1S/C32H39N5O7/c1-31(2,3)44-30(42)32(43)25(16-17-37(32)27(39)15-9-12-20-10-5-4-6-11-20)36-29(41)24(19-26(33)38)35-28(40)23-18-21-13-7-8-14-22(21)34-23/h4-8,10-11,13-14,18,24-25,34,43H,9,12,15-17,19H2,1-3H3,(H2,33,38)(H,35,40)(H,36,41)/t24-,25-,32-/m0/s1. The minimum Gasteiger partial charge on any atom is -0.456 e. The first-order chi connectivity index (χ1) is 20.8. The molecule has 0 aliphatic carbocycles. The summed E-state index contributed by atoms with van der Waals surface area (Å²) in [6, 6.07) is 15.7. The number of amides is 4. The molecule has 4 amide bonds. The Hall–Kier alpha value is -4.71. The van der Waals surface area contributed by atoms with Gasteiger partial charge >= 0.3 is 5.97 Å². The number of aliphatic hydroxyl groups is 1. The van der Waals surface area contributed by atoms with Crippen molar-refractivity contribution in [1.29, 1.82) is 0 Å². The van der Waals surface area contributed by atoms with Gasteiger partial charge in [0, 0.05) is 23.9 Å². The Morgan fingerprint density at radius 3 is 2.43 bits per heavy atom. The van der Waals surface area contributed by atoms with E-state index in [9.17, 15) is 29.1 Å². The van der Waals surface area contributed by atoms with Gasteiger partial charge < -0.3 is 36.1 Å². The van der Waals surface area contributed by atoms with Crippen molar-refractivity contribution in [2.24, 2.45) is 5.73 Å². The molecule has 12 nitrogen and oxygen atoms in total. The van der Waals surface area contributed by atoms with Gasteiger partial charge in [0.05, 0.1) is 12.5 Å². The van der Waals surface area contributed by atoms with Crippen LogP contribution < -0.4 is 16.4 Å². The Kier molecular flexibility index (Phi) is 9.73. The number of nitrogens with one attached hydrogen (secondary N) is 3. The molecule has 0 bridgehead atoms. The zero-order chi connectivity index (χ0) is 32.1. The predicted molar refractivity (Wildman–Crippen MR) is 162 cm³/mol. The highest BCUT2D eigenvalue weighted by molar-refractivity contribution is 6.01. The first-order valence-electron chi connectivity index (χ1n) is 14.6. The van der Waals surface area contributed by atoms with Gasteiger partial charge in [0.25, 0.3) is 11.6 Å². The second-order valence-electron chi connectivity index (χ2n) is 11.9. The molecule has 4 rings (SSSR count). The molecule has 1 fully saturated rings. The molecule has 1 aromatic heterocycles. The fourth-order valence-electron chi connectivity index (χ4n) is 5.25. The molecule has 1 aliphatic heterocycles. The molecule has 1 aliphatic rings. The summed E-state index contributed by atoms with van der Waals surface area (Å²) >= 11 is 0. The van der Waals surface area contributed by atoms with Gasteiger partial charge in [-0.25, -0.2) is 4.79 Å². The number of carbonyl (C=O) groups is 5. The van der Waals surface area contributed by atoms with Crippen LogP contribution in [0.15, 0.2) is 60.7 Å². The average Bonchev–Trinajstić information content (AvgIpc) is 3.54. The van der Waals surface area contributed by atoms with Gasteiger partial charge in [0.2, 0.25) is 17.7 Å². The van der Waals surface area contributed by atoms with Crippen molar-refractivity contribution in [1.82, 2.24) is 20.5 Å². The fourth-order valence-corrected chi connectivity index (χ4v) is 5.25. The van der Waals surface area contributed by atoms with Crippen LogP contribution in [0.5, 0.6) is 0 Å². The zero-order valence-electron chi connectivity index (χ0n) is 25.1. The quantitative estimate of drug-likeness (QED) is 0.207. The second kappa shape index (κ2) is 13.3. The van der Waals surface area contributed by atoms with Gasteiger partial charge in [-0.15, -0.1) is 0 Å². The Balaban J connectivity index is 1.51. The number of H-pyrrole nitrogens is 1. The van der Waals surface area contributed by atoms with Crippen LogP contribution in [0.25, 0.3) is 10.9 Å². The fraction of sp³-hybridized carbons (Fsp3) is 0.406. The summed E-state index contributed by atoms with van der Waals surface area (Å²) in [7, 11) is 0. The van der Waals surface area contributed by atoms with Crippen LogP contribution in [0, 0.1) is 0 Å². The molecule has 44 heavy (non-hydrogen) atoms. The number of hydrogen-bond donors (Lipinski definition) is 5. The van der Waals surface area contributed by atoms with E-state index in [4.69, 9.17) is 10.5 Å². The van der Waals surface area contributed by atoms with E-state index >= 15 is 0 Å². The van der Waals surface area contributed by atoms with Crippen LogP contribution in [0.1, 0.15) is 62.5 Å². The molecule has 0 unspecified atom stereocenters. The van der Waals surface area contributed by atoms with Crippen molar-refractivity contribution >= 4 is 40.5 Å². The van der Waals surface area contributed by atoms with E-state index in [1.54, 1.807) is 39.0 Å². The number of fused-ring (bicyclic) bond motifs is 1. The Bertz CT molecular complexity index is 1500. The number of hydrogen-bond acceptors (Lipinski definition) is 7. The summed E-state index contributed by atoms with van der Waals surface area (Å²) in [5, 5.41) is 17.7. The molecule has 6 N–H and O–H groups in total. The van der Waals surface area contributed by atoms with E-state index < -0.39 is 59.4 Å². The number of aromatic nitrogens is 1. The highest BCUT2D eigenvalue weighted by atomic mass is 16.6. The number of benzene rings is 2. The van der Waals surface area contributed by atoms with Crippen molar-refractivity contribution in [2.75, 3.05) is 6.54 Å². The molecule has 1 saturated heterocycles. The zero-order valence-corrected chi connectivity index (χ0v) is 25.1. The van der Waals surface area contributed by atoms with Crippen LogP contribution in [-0.2, 0) is 30.3 Å². The molecular weight excluding hydrogens is 566 g/mol. The van der Waals surface area contributed by atoms with Gasteiger partial charge in [-0.05, 0) is 57.7 Å². The van der Waals surface area contributed by atoms with Crippen molar-refractivity contribution in [3.63, 3.8) is 0 Å². The van der Waals surface area contributed by atoms with Gasteiger partial charge in [-0.2, -0.15) is 0 Å². The largest absolute Gasteiger partial charge is 0.456 e. The summed E-state index contributed by atoms with van der Waals surface area (Å²) < 4.78 is 5.48. The predicted octanol–water partition coefficient (Wildman–Crippen LogP) is 1.91. The summed E-state index contributed by atoms with van der Waals surface area (Å²) in [5.41, 5.74) is 3.76. The number of para-hydroxylation sites is 1. The lowest BCUT2D eigenvalue weighted by Crippen LogP contribution is -2.65. The summed E-state index contributed by atoms with van der Waals surface area (Å²) in [6.07, 6.45) is 0.617. The third-order valence-corrected chi connectivity index (χ3v) is 7.36. The van der Waals surface area contributed by atoms with E-state index in [0.29, 0.717) is 18.4 Å². The summed E-state index contributed by atoms with van der Waals surface area (Å²) in [5.74, 6) is -3.96. The summed E-state index contributed by atoms with van der Waals surface area (Å²) in [6.45, 7) is 4.81. The first-order valence-corrected chi connectivity index (χ1v) is 14.6. The number of primary amides is 1. The maximum atomic E-state index is 13.5. The summed E-state index contributed by atoms with van der Waals surface area (Å²) in [4.78, 5) is 69.1. The smallest absolute Gasteiger partial charge is 0.362 e. The minimum atomic E-state index is -2.52. The highest BCUT2D eigenvalue weighted by Crippen LogP contribution is 2.32. The molecular formula is C32H39N5O7.